The van der Waals surface area contributed by atoms with Crippen LogP contribution in [-0.4, -0.2) is 29.2 Å². The van der Waals surface area contributed by atoms with Crippen molar-refractivity contribution in [2.45, 2.75) is 38.3 Å². The number of aryl methyl sites for hydroxylation is 1. The summed E-state index contributed by atoms with van der Waals surface area (Å²) in [5, 5.41) is 0.134. The Morgan fingerprint density at radius 1 is 1.15 bits per heavy atom. The number of halogens is 4. The first-order chi connectivity index (χ1) is 9.45. The molecular weight excluding hydrogens is 291 g/mol. The average molecular weight is 306 g/mol. The molecule has 0 radical (unpaired) electrons. The summed E-state index contributed by atoms with van der Waals surface area (Å²) in [5.74, 6) is -0.659. The molecule has 1 saturated heterocycles. The normalized spacial score (nSPS) is 23.0. The van der Waals surface area contributed by atoms with Crippen molar-refractivity contribution in [3.05, 3.63) is 16.5 Å². The van der Waals surface area contributed by atoms with E-state index in [-0.39, 0.29) is 18.2 Å². The standard InChI is InChI=1S/C13H15ClF3N3/c14-12-18-10-5-1-4-9(10)11(19-12)20-6-2-3-8(7-20)13(15,16)17/h8H,1-7H2. The summed E-state index contributed by atoms with van der Waals surface area (Å²) < 4.78 is 38.7. The maximum Gasteiger partial charge on any atom is 0.393 e. The highest BCUT2D eigenvalue weighted by atomic mass is 35.5. The highest BCUT2D eigenvalue weighted by Crippen LogP contribution is 2.37. The third kappa shape index (κ3) is 2.57. The number of rotatable bonds is 1. The summed E-state index contributed by atoms with van der Waals surface area (Å²) in [6.45, 7) is 0.579. The average Bonchev–Trinajstić information content (AvgIpc) is 2.85. The van der Waals surface area contributed by atoms with Crippen molar-refractivity contribution in [2.24, 2.45) is 5.92 Å². The highest BCUT2D eigenvalue weighted by molar-refractivity contribution is 6.28. The minimum Gasteiger partial charge on any atom is -0.356 e. The van der Waals surface area contributed by atoms with E-state index in [0.717, 1.165) is 30.5 Å². The van der Waals surface area contributed by atoms with Crippen LogP contribution in [0.15, 0.2) is 0 Å². The van der Waals surface area contributed by atoms with E-state index < -0.39 is 12.1 Å². The van der Waals surface area contributed by atoms with Gasteiger partial charge in [0.25, 0.3) is 0 Å². The fourth-order valence-electron chi connectivity index (χ4n) is 3.08. The number of aromatic nitrogens is 2. The van der Waals surface area contributed by atoms with Crippen LogP contribution in [0.5, 0.6) is 0 Å². The molecule has 1 aromatic rings. The van der Waals surface area contributed by atoms with Crippen LogP contribution in [0.2, 0.25) is 5.28 Å². The van der Waals surface area contributed by atoms with Crippen molar-refractivity contribution in [1.29, 1.82) is 0 Å². The van der Waals surface area contributed by atoms with E-state index >= 15 is 0 Å². The van der Waals surface area contributed by atoms with E-state index in [1.165, 1.54) is 0 Å². The molecule has 110 valence electrons. The van der Waals surface area contributed by atoms with Gasteiger partial charge in [-0.05, 0) is 43.7 Å². The van der Waals surface area contributed by atoms with Crippen molar-refractivity contribution in [2.75, 3.05) is 18.0 Å². The van der Waals surface area contributed by atoms with Crippen LogP contribution in [-0.2, 0) is 12.8 Å². The van der Waals surface area contributed by atoms with Gasteiger partial charge in [0.1, 0.15) is 5.82 Å². The molecule has 20 heavy (non-hydrogen) atoms. The lowest BCUT2D eigenvalue weighted by molar-refractivity contribution is -0.176. The summed E-state index contributed by atoms with van der Waals surface area (Å²) in [6, 6.07) is 0. The van der Waals surface area contributed by atoms with E-state index in [4.69, 9.17) is 11.6 Å². The third-order valence-electron chi connectivity index (χ3n) is 4.07. The van der Waals surface area contributed by atoms with E-state index in [1.807, 2.05) is 0 Å². The van der Waals surface area contributed by atoms with Crippen molar-refractivity contribution in [3.8, 4) is 0 Å². The van der Waals surface area contributed by atoms with Gasteiger partial charge in [-0.25, -0.2) is 9.97 Å². The number of nitrogens with zero attached hydrogens (tertiary/aromatic N) is 3. The Kier molecular flexibility index (Phi) is 3.52. The Bertz CT molecular complexity index is 518. The Hall–Kier alpha value is -1.04. The summed E-state index contributed by atoms with van der Waals surface area (Å²) in [6.07, 6.45) is -0.787. The Balaban J connectivity index is 1.90. The second-order valence-corrected chi connectivity index (χ2v) is 5.76. The number of piperidine rings is 1. The number of anilines is 1. The van der Waals surface area contributed by atoms with Crippen LogP contribution in [0, 0.1) is 5.92 Å². The van der Waals surface area contributed by atoms with Crippen LogP contribution < -0.4 is 4.90 Å². The van der Waals surface area contributed by atoms with Gasteiger partial charge in [-0.15, -0.1) is 0 Å². The second kappa shape index (κ2) is 5.06. The molecule has 0 aromatic carbocycles. The molecule has 3 rings (SSSR count). The van der Waals surface area contributed by atoms with Gasteiger partial charge in [0.2, 0.25) is 5.28 Å². The smallest absolute Gasteiger partial charge is 0.356 e. The number of alkyl halides is 3. The van der Waals surface area contributed by atoms with Crippen LogP contribution in [0.4, 0.5) is 19.0 Å². The van der Waals surface area contributed by atoms with Gasteiger partial charge in [-0.2, -0.15) is 13.2 Å². The first-order valence-electron chi connectivity index (χ1n) is 6.82. The van der Waals surface area contributed by atoms with Crippen LogP contribution in [0.3, 0.4) is 0 Å². The lowest BCUT2D eigenvalue weighted by atomic mass is 9.97. The minimum absolute atomic E-state index is 0.0245. The highest BCUT2D eigenvalue weighted by Gasteiger charge is 2.42. The van der Waals surface area contributed by atoms with E-state index in [0.29, 0.717) is 18.8 Å². The fraction of sp³-hybridized carbons (Fsp3) is 0.692. The zero-order valence-electron chi connectivity index (χ0n) is 10.9. The molecule has 1 atom stereocenters. The number of hydrogen-bond donors (Lipinski definition) is 0. The Labute approximate surface area is 120 Å². The summed E-state index contributed by atoms with van der Waals surface area (Å²) in [5.41, 5.74) is 1.88. The summed E-state index contributed by atoms with van der Waals surface area (Å²) >= 11 is 5.90. The largest absolute Gasteiger partial charge is 0.393 e. The van der Waals surface area contributed by atoms with Crippen LogP contribution in [0.25, 0.3) is 0 Å². The monoisotopic (exact) mass is 305 g/mol. The Morgan fingerprint density at radius 3 is 2.70 bits per heavy atom. The molecule has 0 amide bonds. The predicted octanol–water partition coefficient (Wildman–Crippen LogP) is 3.40. The SMILES string of the molecule is FC(F)(F)C1CCCN(c2nc(Cl)nc3c2CCC3)C1. The lowest BCUT2D eigenvalue weighted by Gasteiger charge is -2.35. The third-order valence-corrected chi connectivity index (χ3v) is 4.24. The lowest BCUT2D eigenvalue weighted by Crippen LogP contribution is -2.42. The second-order valence-electron chi connectivity index (χ2n) is 5.42. The van der Waals surface area contributed by atoms with Gasteiger partial charge in [0.05, 0.1) is 11.6 Å². The van der Waals surface area contributed by atoms with Gasteiger partial charge in [0, 0.05) is 18.7 Å². The number of hydrogen-bond acceptors (Lipinski definition) is 3. The predicted molar refractivity (Wildman–Crippen MR) is 70.1 cm³/mol. The number of fused-ring (bicyclic) bond motifs is 1. The molecule has 1 unspecified atom stereocenters. The fourth-order valence-corrected chi connectivity index (χ4v) is 3.26. The van der Waals surface area contributed by atoms with Gasteiger partial charge < -0.3 is 4.90 Å². The molecule has 3 nitrogen and oxygen atoms in total. The maximum absolute atomic E-state index is 12.9. The zero-order chi connectivity index (χ0) is 14.3. The molecule has 1 aliphatic carbocycles. The van der Waals surface area contributed by atoms with Crippen molar-refractivity contribution in [3.63, 3.8) is 0 Å². The van der Waals surface area contributed by atoms with Gasteiger partial charge in [-0.1, -0.05) is 0 Å². The van der Waals surface area contributed by atoms with Crippen molar-refractivity contribution in [1.82, 2.24) is 9.97 Å². The zero-order valence-corrected chi connectivity index (χ0v) is 11.6. The first kappa shape index (κ1) is 13.9. The molecule has 1 aliphatic heterocycles. The Morgan fingerprint density at radius 2 is 1.95 bits per heavy atom. The van der Waals surface area contributed by atoms with Gasteiger partial charge >= 0.3 is 6.18 Å². The molecule has 2 aliphatic rings. The van der Waals surface area contributed by atoms with Gasteiger partial charge in [0.15, 0.2) is 0 Å². The molecule has 1 fully saturated rings. The van der Waals surface area contributed by atoms with Crippen LogP contribution in [0.1, 0.15) is 30.5 Å². The first-order valence-corrected chi connectivity index (χ1v) is 7.20. The molecular formula is C13H15ClF3N3. The van der Waals surface area contributed by atoms with E-state index in [1.54, 1.807) is 4.90 Å². The summed E-state index contributed by atoms with van der Waals surface area (Å²) in [4.78, 5) is 10.1. The quantitative estimate of drug-likeness (QED) is 0.745. The summed E-state index contributed by atoms with van der Waals surface area (Å²) in [7, 11) is 0. The van der Waals surface area contributed by atoms with Crippen molar-refractivity contribution < 1.29 is 13.2 Å². The topological polar surface area (TPSA) is 29.0 Å². The molecule has 0 N–H and O–H groups in total. The molecule has 1 aromatic heterocycles. The van der Waals surface area contributed by atoms with E-state index in [9.17, 15) is 13.2 Å². The van der Waals surface area contributed by atoms with Gasteiger partial charge in [-0.3, -0.25) is 0 Å². The molecule has 0 spiro atoms. The minimum atomic E-state index is -4.14. The molecule has 7 heteroatoms. The maximum atomic E-state index is 12.9. The molecule has 0 bridgehead atoms. The van der Waals surface area contributed by atoms with E-state index in [2.05, 4.69) is 9.97 Å². The van der Waals surface area contributed by atoms with Crippen LogP contribution >= 0.6 is 11.6 Å². The molecule has 2 heterocycles. The molecule has 0 saturated carbocycles. The van der Waals surface area contributed by atoms with Crippen molar-refractivity contribution >= 4 is 17.4 Å².